The number of rotatable bonds is 5. The number of anilines is 2. The Hall–Kier alpha value is -1.72. The van der Waals surface area contributed by atoms with Gasteiger partial charge in [-0.2, -0.15) is 0 Å². The van der Waals surface area contributed by atoms with Gasteiger partial charge in [0.25, 0.3) is 0 Å². The van der Waals surface area contributed by atoms with Crippen LogP contribution in [0.2, 0.25) is 5.02 Å². The number of carbonyl (C=O) groups is 1. The van der Waals surface area contributed by atoms with E-state index in [4.69, 9.17) is 22.1 Å². The van der Waals surface area contributed by atoms with Crippen LogP contribution in [0.5, 0.6) is 0 Å². The molecule has 0 aliphatic carbocycles. The number of hydrogen-bond acceptors (Lipinski definition) is 5. The molecule has 0 aliphatic heterocycles. The zero-order valence-corrected chi connectivity index (χ0v) is 13.5. The predicted molar refractivity (Wildman–Crippen MR) is 88.2 cm³/mol. The van der Waals surface area contributed by atoms with Gasteiger partial charge in [-0.15, -0.1) is 11.3 Å². The molecule has 0 unspecified atom stereocenters. The molecule has 1 aromatic carbocycles. The molecular formula is C15H17ClN2O2S. The van der Waals surface area contributed by atoms with Crippen LogP contribution >= 0.6 is 22.9 Å². The molecule has 21 heavy (non-hydrogen) atoms. The summed E-state index contributed by atoms with van der Waals surface area (Å²) in [6.07, 6.45) is 0. The molecule has 0 saturated carbocycles. The van der Waals surface area contributed by atoms with Gasteiger partial charge in [-0.05, 0) is 30.5 Å². The summed E-state index contributed by atoms with van der Waals surface area (Å²) in [5.41, 5.74) is 7.26. The average Bonchev–Trinajstić information content (AvgIpc) is 2.90. The molecule has 0 bridgehead atoms. The number of nitrogen functional groups attached to an aromatic ring is 1. The fraction of sp³-hybridized carbons (Fsp3) is 0.267. The van der Waals surface area contributed by atoms with Crippen molar-refractivity contribution in [1.29, 1.82) is 0 Å². The molecular weight excluding hydrogens is 308 g/mol. The molecule has 2 aromatic rings. The van der Waals surface area contributed by atoms with Gasteiger partial charge in [0.05, 0.1) is 29.4 Å². The molecule has 0 aliphatic rings. The molecule has 2 rings (SSSR count). The Balaban J connectivity index is 2.38. The van der Waals surface area contributed by atoms with Crippen LogP contribution in [-0.4, -0.2) is 19.6 Å². The SMILES string of the molecule is CCOC(=O)c1cc(N)cc(Cl)c1N(C)Cc1cccs1. The minimum absolute atomic E-state index is 0.305. The third-order valence-corrected chi connectivity index (χ3v) is 4.09. The summed E-state index contributed by atoms with van der Waals surface area (Å²) >= 11 is 7.94. The van der Waals surface area contributed by atoms with Gasteiger partial charge in [-0.3, -0.25) is 0 Å². The molecule has 0 radical (unpaired) electrons. The lowest BCUT2D eigenvalue weighted by Gasteiger charge is -2.23. The maximum atomic E-state index is 12.1. The summed E-state index contributed by atoms with van der Waals surface area (Å²) in [6.45, 7) is 2.73. The minimum Gasteiger partial charge on any atom is -0.462 e. The molecule has 0 atom stereocenters. The number of esters is 1. The van der Waals surface area contributed by atoms with E-state index in [9.17, 15) is 4.79 Å². The van der Waals surface area contributed by atoms with E-state index < -0.39 is 5.97 Å². The van der Waals surface area contributed by atoms with Crippen molar-refractivity contribution >= 4 is 40.3 Å². The van der Waals surface area contributed by atoms with Gasteiger partial charge >= 0.3 is 5.97 Å². The molecule has 0 saturated heterocycles. The monoisotopic (exact) mass is 324 g/mol. The number of benzene rings is 1. The van der Waals surface area contributed by atoms with Crippen LogP contribution in [-0.2, 0) is 11.3 Å². The molecule has 112 valence electrons. The Labute approximate surface area is 133 Å². The normalized spacial score (nSPS) is 10.4. The summed E-state index contributed by atoms with van der Waals surface area (Å²) in [5, 5.41) is 2.46. The molecule has 1 heterocycles. The Kier molecular flexibility index (Phi) is 5.09. The van der Waals surface area contributed by atoms with Crippen LogP contribution in [0, 0.1) is 0 Å². The number of carbonyl (C=O) groups excluding carboxylic acids is 1. The number of nitrogens with zero attached hydrogens (tertiary/aromatic N) is 1. The molecule has 1 aromatic heterocycles. The van der Waals surface area contributed by atoms with Crippen molar-refractivity contribution in [3.8, 4) is 0 Å². The number of hydrogen-bond donors (Lipinski definition) is 1. The van der Waals surface area contributed by atoms with Gasteiger partial charge in [0, 0.05) is 17.6 Å². The Morgan fingerprint density at radius 2 is 2.24 bits per heavy atom. The maximum Gasteiger partial charge on any atom is 0.340 e. The highest BCUT2D eigenvalue weighted by Crippen LogP contribution is 2.33. The van der Waals surface area contributed by atoms with E-state index in [1.807, 2.05) is 29.5 Å². The van der Waals surface area contributed by atoms with Crippen molar-refractivity contribution in [2.45, 2.75) is 13.5 Å². The Morgan fingerprint density at radius 3 is 2.86 bits per heavy atom. The number of thiophene rings is 1. The largest absolute Gasteiger partial charge is 0.462 e. The first-order chi connectivity index (χ1) is 10.0. The molecule has 2 N–H and O–H groups in total. The van der Waals surface area contributed by atoms with Crippen molar-refractivity contribution in [2.24, 2.45) is 0 Å². The smallest absolute Gasteiger partial charge is 0.340 e. The average molecular weight is 325 g/mol. The van der Waals surface area contributed by atoms with E-state index in [0.717, 1.165) is 0 Å². The Morgan fingerprint density at radius 1 is 1.48 bits per heavy atom. The Bertz CT molecular complexity index is 629. The fourth-order valence-electron chi connectivity index (χ4n) is 2.09. The summed E-state index contributed by atoms with van der Waals surface area (Å²) < 4.78 is 5.09. The molecule has 6 heteroatoms. The van der Waals surface area contributed by atoms with Crippen molar-refractivity contribution in [2.75, 3.05) is 24.3 Å². The maximum absolute atomic E-state index is 12.1. The summed E-state index contributed by atoms with van der Waals surface area (Å²) in [7, 11) is 1.89. The van der Waals surface area contributed by atoms with Crippen LogP contribution < -0.4 is 10.6 Å². The topological polar surface area (TPSA) is 55.6 Å². The number of nitrogens with two attached hydrogens (primary N) is 1. The van der Waals surface area contributed by atoms with Gasteiger partial charge in [0.2, 0.25) is 0 Å². The van der Waals surface area contributed by atoms with Gasteiger partial charge in [0.1, 0.15) is 0 Å². The number of ether oxygens (including phenoxy) is 1. The lowest BCUT2D eigenvalue weighted by atomic mass is 10.1. The van der Waals surface area contributed by atoms with Crippen LogP contribution in [0.15, 0.2) is 29.6 Å². The third kappa shape index (κ3) is 3.68. The van der Waals surface area contributed by atoms with Gasteiger partial charge < -0.3 is 15.4 Å². The summed E-state index contributed by atoms with van der Waals surface area (Å²) in [4.78, 5) is 15.2. The highest BCUT2D eigenvalue weighted by atomic mass is 35.5. The molecule has 0 spiro atoms. The van der Waals surface area contributed by atoms with Crippen molar-refractivity contribution in [1.82, 2.24) is 0 Å². The lowest BCUT2D eigenvalue weighted by Crippen LogP contribution is -2.20. The van der Waals surface area contributed by atoms with E-state index >= 15 is 0 Å². The quantitative estimate of drug-likeness (QED) is 0.671. The minimum atomic E-state index is -0.417. The van der Waals surface area contributed by atoms with Crippen LogP contribution in [0.1, 0.15) is 22.2 Å². The van der Waals surface area contributed by atoms with E-state index in [1.54, 1.807) is 30.4 Å². The standard InChI is InChI=1S/C15H17ClN2O2S/c1-3-20-15(19)12-7-10(17)8-13(16)14(12)18(2)9-11-5-4-6-21-11/h4-8H,3,9,17H2,1-2H3. The first-order valence-corrected chi connectivity index (χ1v) is 7.78. The zero-order valence-electron chi connectivity index (χ0n) is 11.9. The predicted octanol–water partition coefficient (Wildman–Crippen LogP) is 3.80. The van der Waals surface area contributed by atoms with Crippen molar-refractivity contribution < 1.29 is 9.53 Å². The highest BCUT2D eigenvalue weighted by molar-refractivity contribution is 7.09. The van der Waals surface area contributed by atoms with Gasteiger partial charge in [0.15, 0.2) is 0 Å². The molecule has 0 fully saturated rings. The first-order valence-electron chi connectivity index (χ1n) is 6.52. The van der Waals surface area contributed by atoms with Gasteiger partial charge in [-0.1, -0.05) is 17.7 Å². The van der Waals surface area contributed by atoms with E-state index in [-0.39, 0.29) is 0 Å². The highest BCUT2D eigenvalue weighted by Gasteiger charge is 2.20. The van der Waals surface area contributed by atoms with Crippen LogP contribution in [0.4, 0.5) is 11.4 Å². The second-order valence-electron chi connectivity index (χ2n) is 4.55. The summed E-state index contributed by atoms with van der Waals surface area (Å²) in [5.74, 6) is -0.417. The lowest BCUT2D eigenvalue weighted by molar-refractivity contribution is 0.0527. The van der Waals surface area contributed by atoms with Crippen molar-refractivity contribution in [3.05, 3.63) is 45.1 Å². The second-order valence-corrected chi connectivity index (χ2v) is 5.99. The fourth-order valence-corrected chi connectivity index (χ4v) is 3.22. The zero-order chi connectivity index (χ0) is 15.4. The van der Waals surface area contributed by atoms with Gasteiger partial charge in [-0.25, -0.2) is 4.79 Å². The van der Waals surface area contributed by atoms with Crippen molar-refractivity contribution in [3.63, 3.8) is 0 Å². The first kappa shape index (κ1) is 15.7. The van der Waals surface area contributed by atoms with Crippen LogP contribution in [0.25, 0.3) is 0 Å². The molecule has 0 amide bonds. The van der Waals surface area contributed by atoms with E-state index in [0.29, 0.717) is 35.1 Å². The third-order valence-electron chi connectivity index (χ3n) is 2.94. The van der Waals surface area contributed by atoms with E-state index in [2.05, 4.69) is 0 Å². The summed E-state index contributed by atoms with van der Waals surface area (Å²) in [6, 6.07) is 7.27. The molecule has 4 nitrogen and oxygen atoms in total. The number of halogens is 1. The van der Waals surface area contributed by atoms with E-state index in [1.165, 1.54) is 4.88 Å². The van der Waals surface area contributed by atoms with Crippen LogP contribution in [0.3, 0.4) is 0 Å². The second kappa shape index (κ2) is 6.83.